The van der Waals surface area contributed by atoms with E-state index in [2.05, 4.69) is 31.5 Å². The van der Waals surface area contributed by atoms with Crippen LogP contribution in [0.4, 0.5) is 15.7 Å². The average Bonchev–Trinajstić information content (AvgIpc) is 3.03. The molecule has 0 radical (unpaired) electrons. The van der Waals surface area contributed by atoms with Crippen LogP contribution in [0.1, 0.15) is 24.9 Å². The fourth-order valence-electron chi connectivity index (χ4n) is 2.92. The number of hydrogen-bond donors (Lipinski definition) is 1. The van der Waals surface area contributed by atoms with Gasteiger partial charge in [0.1, 0.15) is 11.6 Å². The summed E-state index contributed by atoms with van der Waals surface area (Å²) in [5.41, 5.74) is 0.854. The fraction of sp³-hybridized carbons (Fsp3) is 0.556. The molecule has 0 spiro atoms. The van der Waals surface area contributed by atoms with Gasteiger partial charge in [0, 0.05) is 58.2 Å². The Labute approximate surface area is 164 Å². The van der Waals surface area contributed by atoms with E-state index in [1.165, 1.54) is 11.5 Å². The third-order valence-corrected chi connectivity index (χ3v) is 5.31. The fourth-order valence-corrected chi connectivity index (χ4v) is 3.72. The zero-order valence-electron chi connectivity index (χ0n) is 16.2. The highest BCUT2D eigenvalue weighted by atomic mass is 32.1. The maximum absolute atomic E-state index is 12.6. The summed E-state index contributed by atoms with van der Waals surface area (Å²) in [7, 11) is 3.91. The number of pyridine rings is 1. The van der Waals surface area contributed by atoms with Crippen LogP contribution in [0.3, 0.4) is 0 Å². The lowest BCUT2D eigenvalue weighted by atomic mass is 10.3. The molecule has 3 heterocycles. The quantitative estimate of drug-likeness (QED) is 0.843. The van der Waals surface area contributed by atoms with Crippen molar-refractivity contribution in [3.8, 4) is 0 Å². The molecule has 27 heavy (non-hydrogen) atoms. The van der Waals surface area contributed by atoms with Gasteiger partial charge in [-0.15, -0.1) is 0 Å². The molecule has 3 rings (SSSR count). The standard InChI is InChI=1S/C18H27N7OS/c1-4-15-21-18(27-22-15)25-10-6-9-24(11-12-25)17(26)19-13-14-7-5-8-16(20-14)23(2)3/h5,7-8H,4,6,9-13H2,1-3H3,(H,19,26). The topological polar surface area (TPSA) is 77.5 Å². The largest absolute Gasteiger partial charge is 0.363 e. The Morgan fingerprint density at radius 2 is 2.07 bits per heavy atom. The molecule has 2 aromatic rings. The van der Waals surface area contributed by atoms with Crippen molar-refractivity contribution in [2.24, 2.45) is 0 Å². The van der Waals surface area contributed by atoms with E-state index in [1.54, 1.807) is 0 Å². The molecule has 0 aliphatic carbocycles. The highest BCUT2D eigenvalue weighted by Crippen LogP contribution is 2.19. The van der Waals surface area contributed by atoms with Crippen LogP contribution in [-0.4, -0.2) is 65.5 Å². The van der Waals surface area contributed by atoms with Crippen LogP contribution in [0.2, 0.25) is 0 Å². The zero-order chi connectivity index (χ0) is 19.2. The molecule has 1 fully saturated rings. The molecule has 9 heteroatoms. The predicted molar refractivity (Wildman–Crippen MR) is 108 cm³/mol. The predicted octanol–water partition coefficient (Wildman–Crippen LogP) is 1.98. The Morgan fingerprint density at radius 3 is 2.81 bits per heavy atom. The van der Waals surface area contributed by atoms with Crippen molar-refractivity contribution in [1.82, 2.24) is 24.6 Å². The molecule has 1 N–H and O–H groups in total. The van der Waals surface area contributed by atoms with Gasteiger partial charge >= 0.3 is 6.03 Å². The van der Waals surface area contributed by atoms with Crippen LogP contribution in [0, 0.1) is 0 Å². The van der Waals surface area contributed by atoms with Crippen LogP contribution in [0.15, 0.2) is 18.2 Å². The van der Waals surface area contributed by atoms with E-state index in [0.717, 1.165) is 54.9 Å². The summed E-state index contributed by atoms with van der Waals surface area (Å²) >= 11 is 1.44. The highest BCUT2D eigenvalue weighted by Gasteiger charge is 2.21. The molecule has 8 nitrogen and oxygen atoms in total. The number of amides is 2. The first-order chi connectivity index (χ1) is 13.1. The molecule has 146 valence electrons. The van der Waals surface area contributed by atoms with Crippen LogP contribution >= 0.6 is 11.5 Å². The van der Waals surface area contributed by atoms with E-state index in [-0.39, 0.29) is 6.03 Å². The minimum absolute atomic E-state index is 0.0413. The van der Waals surface area contributed by atoms with Crippen molar-refractivity contribution in [2.45, 2.75) is 26.3 Å². The van der Waals surface area contributed by atoms with Gasteiger partial charge in [0.05, 0.1) is 12.2 Å². The van der Waals surface area contributed by atoms with Crippen LogP contribution in [0.25, 0.3) is 0 Å². The van der Waals surface area contributed by atoms with E-state index in [0.29, 0.717) is 13.1 Å². The Morgan fingerprint density at radius 1 is 1.22 bits per heavy atom. The number of carbonyl (C=O) groups excluding carboxylic acids is 1. The second-order valence-electron chi connectivity index (χ2n) is 6.71. The zero-order valence-corrected chi connectivity index (χ0v) is 17.0. The van der Waals surface area contributed by atoms with Gasteiger partial charge in [0.25, 0.3) is 0 Å². The number of nitrogens with one attached hydrogen (secondary N) is 1. The first-order valence-corrected chi connectivity index (χ1v) is 10.1. The number of urea groups is 1. The first-order valence-electron chi connectivity index (χ1n) is 9.30. The summed E-state index contributed by atoms with van der Waals surface area (Å²) in [6.45, 7) is 5.58. The van der Waals surface area contributed by atoms with Gasteiger partial charge in [-0.2, -0.15) is 4.37 Å². The summed E-state index contributed by atoms with van der Waals surface area (Å²) in [6.07, 6.45) is 1.77. The molecule has 1 aliphatic heterocycles. The highest BCUT2D eigenvalue weighted by molar-refractivity contribution is 7.09. The van der Waals surface area contributed by atoms with Gasteiger partial charge in [-0.25, -0.2) is 14.8 Å². The van der Waals surface area contributed by atoms with E-state index in [1.807, 2.05) is 42.1 Å². The normalized spacial score (nSPS) is 14.8. The lowest BCUT2D eigenvalue weighted by molar-refractivity contribution is 0.201. The molecule has 0 unspecified atom stereocenters. The molecule has 0 aromatic carbocycles. The maximum atomic E-state index is 12.6. The number of anilines is 2. The van der Waals surface area contributed by atoms with E-state index >= 15 is 0 Å². The van der Waals surface area contributed by atoms with Crippen molar-refractivity contribution in [3.05, 3.63) is 29.7 Å². The first kappa shape index (κ1) is 19.3. The molecular weight excluding hydrogens is 362 g/mol. The minimum Gasteiger partial charge on any atom is -0.363 e. The van der Waals surface area contributed by atoms with Gasteiger partial charge in [0.15, 0.2) is 0 Å². The summed E-state index contributed by atoms with van der Waals surface area (Å²) in [4.78, 5) is 27.7. The van der Waals surface area contributed by atoms with Crippen molar-refractivity contribution in [1.29, 1.82) is 0 Å². The smallest absolute Gasteiger partial charge is 0.317 e. The number of aryl methyl sites for hydroxylation is 1. The molecule has 2 amide bonds. The second-order valence-corrected chi connectivity index (χ2v) is 7.44. The van der Waals surface area contributed by atoms with Crippen molar-refractivity contribution >= 4 is 28.5 Å². The van der Waals surface area contributed by atoms with E-state index in [9.17, 15) is 4.79 Å². The van der Waals surface area contributed by atoms with Gasteiger partial charge in [-0.05, 0) is 18.6 Å². The second kappa shape index (κ2) is 8.98. The molecule has 1 saturated heterocycles. The summed E-state index contributed by atoms with van der Waals surface area (Å²) in [5, 5.41) is 3.95. The molecule has 0 saturated carbocycles. The van der Waals surface area contributed by atoms with E-state index in [4.69, 9.17) is 0 Å². The van der Waals surface area contributed by atoms with E-state index < -0.39 is 0 Å². The van der Waals surface area contributed by atoms with Gasteiger partial charge < -0.3 is 20.0 Å². The number of rotatable bonds is 5. The van der Waals surface area contributed by atoms with Crippen molar-refractivity contribution in [2.75, 3.05) is 50.1 Å². The van der Waals surface area contributed by atoms with Crippen molar-refractivity contribution < 1.29 is 4.79 Å². The Bertz CT molecular complexity index is 764. The summed E-state index contributed by atoms with van der Waals surface area (Å²) < 4.78 is 4.36. The monoisotopic (exact) mass is 389 g/mol. The average molecular weight is 390 g/mol. The third kappa shape index (κ3) is 5.06. The van der Waals surface area contributed by atoms with Crippen LogP contribution < -0.4 is 15.1 Å². The number of carbonyl (C=O) groups is 1. The Hall–Kier alpha value is -2.42. The lowest BCUT2D eigenvalue weighted by Gasteiger charge is -2.22. The number of nitrogens with zero attached hydrogens (tertiary/aromatic N) is 6. The summed E-state index contributed by atoms with van der Waals surface area (Å²) in [5.74, 6) is 1.77. The molecule has 0 bridgehead atoms. The van der Waals surface area contributed by atoms with Crippen LogP contribution in [0.5, 0.6) is 0 Å². The number of hydrogen-bond acceptors (Lipinski definition) is 7. The summed E-state index contributed by atoms with van der Waals surface area (Å²) in [6, 6.07) is 5.80. The molecule has 1 aliphatic rings. The molecule has 0 atom stereocenters. The molecular formula is C18H27N7OS. The Kier molecular flexibility index (Phi) is 6.44. The van der Waals surface area contributed by atoms with Crippen LogP contribution in [-0.2, 0) is 13.0 Å². The minimum atomic E-state index is -0.0413. The Balaban J connectivity index is 1.52. The maximum Gasteiger partial charge on any atom is 0.317 e. The van der Waals surface area contributed by atoms with Gasteiger partial charge in [-0.3, -0.25) is 0 Å². The lowest BCUT2D eigenvalue weighted by Crippen LogP contribution is -2.41. The van der Waals surface area contributed by atoms with Gasteiger partial charge in [0.2, 0.25) is 5.13 Å². The number of aromatic nitrogens is 3. The third-order valence-electron chi connectivity index (χ3n) is 4.50. The van der Waals surface area contributed by atoms with Gasteiger partial charge in [-0.1, -0.05) is 13.0 Å². The molecule has 2 aromatic heterocycles. The SMILES string of the molecule is CCc1nsc(N2CCCN(C(=O)NCc3cccc(N(C)C)n3)CC2)n1. The van der Waals surface area contributed by atoms with Crippen molar-refractivity contribution in [3.63, 3.8) is 0 Å².